The van der Waals surface area contributed by atoms with Crippen LogP contribution >= 0.6 is 23.4 Å². The molecule has 0 unspecified atom stereocenters. The molecular formula is C10H8ClN3S. The van der Waals surface area contributed by atoms with Crippen LogP contribution in [0.4, 0.5) is 5.82 Å². The Morgan fingerprint density at radius 2 is 1.87 bits per heavy atom. The molecule has 0 aliphatic heterocycles. The Bertz CT molecular complexity index is 458. The zero-order valence-corrected chi connectivity index (χ0v) is 9.29. The molecule has 0 aliphatic carbocycles. The summed E-state index contributed by atoms with van der Waals surface area (Å²) in [6, 6.07) is 9.29. The zero-order valence-electron chi connectivity index (χ0n) is 7.72. The molecule has 0 aliphatic rings. The van der Waals surface area contributed by atoms with Gasteiger partial charge in [-0.05, 0) is 24.3 Å². The minimum atomic E-state index is 0.474. The van der Waals surface area contributed by atoms with Gasteiger partial charge in [-0.3, -0.25) is 0 Å². The molecule has 15 heavy (non-hydrogen) atoms. The molecule has 2 rings (SSSR count). The Balaban J connectivity index is 2.18. The van der Waals surface area contributed by atoms with Gasteiger partial charge in [-0.2, -0.15) is 0 Å². The van der Waals surface area contributed by atoms with Gasteiger partial charge in [-0.15, -0.1) is 0 Å². The van der Waals surface area contributed by atoms with Gasteiger partial charge in [0.1, 0.15) is 17.2 Å². The van der Waals surface area contributed by atoms with Crippen molar-refractivity contribution in [3.63, 3.8) is 0 Å². The van der Waals surface area contributed by atoms with Gasteiger partial charge >= 0.3 is 0 Å². The van der Waals surface area contributed by atoms with Crippen molar-refractivity contribution in [3.05, 3.63) is 41.7 Å². The third-order valence-electron chi connectivity index (χ3n) is 1.70. The number of aromatic nitrogens is 2. The monoisotopic (exact) mass is 237 g/mol. The summed E-state index contributed by atoms with van der Waals surface area (Å²) in [5, 5.41) is 1.55. The zero-order chi connectivity index (χ0) is 10.7. The predicted molar refractivity (Wildman–Crippen MR) is 62.0 cm³/mol. The third kappa shape index (κ3) is 2.84. The first-order valence-electron chi connectivity index (χ1n) is 4.25. The highest BCUT2D eigenvalue weighted by Gasteiger charge is 1.99. The van der Waals surface area contributed by atoms with Crippen LogP contribution in [0, 0.1) is 0 Å². The van der Waals surface area contributed by atoms with Gasteiger partial charge in [0.05, 0.1) is 0 Å². The summed E-state index contributed by atoms with van der Waals surface area (Å²) in [4.78, 5) is 8.99. The Labute approximate surface area is 96.7 Å². The van der Waals surface area contributed by atoms with Crippen LogP contribution in [0.3, 0.4) is 0 Å². The Morgan fingerprint density at radius 1 is 1.13 bits per heavy atom. The van der Waals surface area contributed by atoms with E-state index in [2.05, 4.69) is 9.97 Å². The molecule has 0 saturated carbocycles. The van der Waals surface area contributed by atoms with Crippen LogP contribution in [-0.4, -0.2) is 9.97 Å². The predicted octanol–water partition coefficient (Wildman–Crippen LogP) is 2.86. The average molecular weight is 238 g/mol. The highest BCUT2D eigenvalue weighted by molar-refractivity contribution is 7.99. The second-order valence-electron chi connectivity index (χ2n) is 2.84. The van der Waals surface area contributed by atoms with Gasteiger partial charge in [0, 0.05) is 16.0 Å². The lowest BCUT2D eigenvalue weighted by atomic mass is 10.4. The summed E-state index contributed by atoms with van der Waals surface area (Å²) in [5.74, 6) is 0.474. The van der Waals surface area contributed by atoms with Crippen molar-refractivity contribution >= 4 is 29.2 Å². The van der Waals surface area contributed by atoms with E-state index >= 15 is 0 Å². The molecule has 2 aromatic rings. The standard InChI is InChI=1S/C10H8ClN3S/c11-7-1-3-8(4-2-7)15-10-5-9(12)13-6-14-10/h1-6H,(H2,12,13,14). The Kier molecular flexibility index (Phi) is 3.08. The van der Waals surface area contributed by atoms with Crippen molar-refractivity contribution in [2.24, 2.45) is 0 Å². The molecule has 0 atom stereocenters. The Morgan fingerprint density at radius 3 is 2.53 bits per heavy atom. The van der Waals surface area contributed by atoms with E-state index in [1.165, 1.54) is 18.1 Å². The van der Waals surface area contributed by atoms with Crippen LogP contribution < -0.4 is 5.73 Å². The maximum absolute atomic E-state index is 5.78. The summed E-state index contributed by atoms with van der Waals surface area (Å²) >= 11 is 7.31. The molecule has 0 amide bonds. The van der Waals surface area contributed by atoms with Crippen molar-refractivity contribution in [1.82, 2.24) is 9.97 Å². The number of anilines is 1. The van der Waals surface area contributed by atoms with E-state index in [-0.39, 0.29) is 0 Å². The van der Waals surface area contributed by atoms with Gasteiger partial charge < -0.3 is 5.73 Å². The fourth-order valence-corrected chi connectivity index (χ4v) is 1.95. The lowest BCUT2D eigenvalue weighted by Gasteiger charge is -2.00. The quantitative estimate of drug-likeness (QED) is 0.816. The molecule has 0 radical (unpaired) electrons. The lowest BCUT2D eigenvalue weighted by molar-refractivity contribution is 1.05. The largest absolute Gasteiger partial charge is 0.384 e. The van der Waals surface area contributed by atoms with Crippen molar-refractivity contribution in [2.45, 2.75) is 9.92 Å². The fraction of sp³-hybridized carbons (Fsp3) is 0. The van der Waals surface area contributed by atoms with Gasteiger partial charge in [0.25, 0.3) is 0 Å². The number of hydrogen-bond donors (Lipinski definition) is 1. The van der Waals surface area contributed by atoms with Crippen LogP contribution in [0.15, 0.2) is 46.6 Å². The van der Waals surface area contributed by atoms with E-state index in [9.17, 15) is 0 Å². The highest BCUT2D eigenvalue weighted by atomic mass is 35.5. The second kappa shape index (κ2) is 4.51. The molecule has 0 bridgehead atoms. The van der Waals surface area contributed by atoms with Crippen LogP contribution in [0.1, 0.15) is 0 Å². The second-order valence-corrected chi connectivity index (χ2v) is 4.37. The maximum Gasteiger partial charge on any atom is 0.127 e. The molecular weight excluding hydrogens is 230 g/mol. The number of nitrogens with zero attached hydrogens (tertiary/aromatic N) is 2. The summed E-state index contributed by atoms with van der Waals surface area (Å²) in [5.41, 5.74) is 5.55. The minimum Gasteiger partial charge on any atom is -0.384 e. The third-order valence-corrected chi connectivity index (χ3v) is 2.89. The number of hydrogen-bond acceptors (Lipinski definition) is 4. The van der Waals surface area contributed by atoms with Crippen molar-refractivity contribution in [1.29, 1.82) is 0 Å². The molecule has 0 saturated heterocycles. The minimum absolute atomic E-state index is 0.474. The first-order valence-corrected chi connectivity index (χ1v) is 5.44. The molecule has 0 fully saturated rings. The van der Waals surface area contributed by atoms with Crippen molar-refractivity contribution in [3.8, 4) is 0 Å². The van der Waals surface area contributed by atoms with E-state index in [0.717, 1.165) is 14.9 Å². The topological polar surface area (TPSA) is 51.8 Å². The summed E-state index contributed by atoms with van der Waals surface area (Å²) < 4.78 is 0. The summed E-state index contributed by atoms with van der Waals surface area (Å²) in [7, 11) is 0. The van der Waals surface area contributed by atoms with Gasteiger partial charge in [0.15, 0.2) is 0 Å². The normalized spacial score (nSPS) is 10.2. The van der Waals surface area contributed by atoms with E-state index in [0.29, 0.717) is 5.82 Å². The van der Waals surface area contributed by atoms with Crippen LogP contribution in [0.5, 0.6) is 0 Å². The van der Waals surface area contributed by atoms with Crippen molar-refractivity contribution < 1.29 is 0 Å². The summed E-state index contributed by atoms with van der Waals surface area (Å²) in [6.07, 6.45) is 1.45. The first kappa shape index (κ1) is 10.3. The number of nitrogens with two attached hydrogens (primary N) is 1. The molecule has 5 heteroatoms. The maximum atomic E-state index is 5.78. The molecule has 0 spiro atoms. The number of benzene rings is 1. The fourth-order valence-electron chi connectivity index (χ4n) is 1.03. The molecule has 3 nitrogen and oxygen atoms in total. The van der Waals surface area contributed by atoms with E-state index < -0.39 is 0 Å². The molecule has 1 aromatic heterocycles. The van der Waals surface area contributed by atoms with Crippen LogP contribution in [0.2, 0.25) is 5.02 Å². The highest BCUT2D eigenvalue weighted by Crippen LogP contribution is 2.27. The van der Waals surface area contributed by atoms with Gasteiger partial charge in [0.2, 0.25) is 0 Å². The number of halogens is 1. The number of nitrogen functional groups attached to an aromatic ring is 1. The van der Waals surface area contributed by atoms with Gasteiger partial charge in [-0.25, -0.2) is 9.97 Å². The van der Waals surface area contributed by atoms with Crippen molar-refractivity contribution in [2.75, 3.05) is 5.73 Å². The van der Waals surface area contributed by atoms with Crippen LogP contribution in [0.25, 0.3) is 0 Å². The lowest BCUT2D eigenvalue weighted by Crippen LogP contribution is -1.91. The summed E-state index contributed by atoms with van der Waals surface area (Å²) in [6.45, 7) is 0. The molecule has 76 valence electrons. The Hall–Kier alpha value is -1.26. The SMILES string of the molecule is Nc1cc(Sc2ccc(Cl)cc2)ncn1. The van der Waals surface area contributed by atoms with E-state index in [1.807, 2.05) is 24.3 Å². The van der Waals surface area contributed by atoms with Gasteiger partial charge in [-0.1, -0.05) is 23.4 Å². The van der Waals surface area contributed by atoms with E-state index in [1.54, 1.807) is 6.07 Å². The average Bonchev–Trinajstić information content (AvgIpc) is 2.22. The molecule has 2 N–H and O–H groups in total. The molecule has 1 heterocycles. The first-order chi connectivity index (χ1) is 7.24. The van der Waals surface area contributed by atoms with E-state index in [4.69, 9.17) is 17.3 Å². The smallest absolute Gasteiger partial charge is 0.127 e. The number of rotatable bonds is 2. The molecule has 1 aromatic carbocycles. The van der Waals surface area contributed by atoms with Crippen LogP contribution in [-0.2, 0) is 0 Å².